The Morgan fingerprint density at radius 1 is 0.933 bits per heavy atom. The minimum atomic E-state index is 0.118. The lowest BCUT2D eigenvalue weighted by atomic mass is 10.0. The molecule has 4 rings (SSSR count). The lowest BCUT2D eigenvalue weighted by molar-refractivity contribution is -0.120. The molecule has 1 fully saturated rings. The Morgan fingerprint density at radius 2 is 1.67 bits per heavy atom. The Labute approximate surface area is 178 Å². The number of ether oxygens (including phenoxy) is 1. The van der Waals surface area contributed by atoms with E-state index in [9.17, 15) is 4.79 Å². The molecule has 1 N–H and O–H groups in total. The van der Waals surface area contributed by atoms with Crippen molar-refractivity contribution in [3.8, 4) is 16.9 Å². The highest BCUT2D eigenvalue weighted by molar-refractivity contribution is 5.79. The van der Waals surface area contributed by atoms with Gasteiger partial charge in [0.15, 0.2) is 0 Å². The molecule has 2 aromatic carbocycles. The first-order valence-corrected chi connectivity index (χ1v) is 10.8. The molecule has 154 valence electrons. The molecule has 1 amide bonds. The number of pyridine rings is 1. The van der Waals surface area contributed by atoms with Gasteiger partial charge in [0.2, 0.25) is 5.91 Å². The van der Waals surface area contributed by atoms with Crippen LogP contribution in [0.4, 0.5) is 0 Å². The van der Waals surface area contributed by atoms with Crippen LogP contribution in [0.1, 0.15) is 36.8 Å². The Kier molecular flexibility index (Phi) is 6.75. The molecule has 30 heavy (non-hydrogen) atoms. The second-order valence-corrected chi connectivity index (χ2v) is 7.91. The van der Waals surface area contributed by atoms with Crippen LogP contribution in [0.5, 0.6) is 5.75 Å². The van der Waals surface area contributed by atoms with Crippen molar-refractivity contribution in [2.75, 3.05) is 6.61 Å². The number of carbonyl (C=O) groups is 1. The van der Waals surface area contributed by atoms with Gasteiger partial charge in [-0.15, -0.1) is 0 Å². The molecular weight excluding hydrogens is 372 g/mol. The Hall–Kier alpha value is -3.14. The largest absolute Gasteiger partial charge is 0.494 e. The molecule has 4 nitrogen and oxygen atoms in total. The fourth-order valence-corrected chi connectivity index (χ4v) is 3.42. The Balaban J connectivity index is 1.21. The summed E-state index contributed by atoms with van der Waals surface area (Å²) < 4.78 is 5.87. The maximum Gasteiger partial charge on any atom is 0.224 e. The van der Waals surface area contributed by atoms with Gasteiger partial charge in [0.25, 0.3) is 0 Å². The van der Waals surface area contributed by atoms with Gasteiger partial charge in [-0.3, -0.25) is 9.78 Å². The molecule has 0 bridgehead atoms. The topological polar surface area (TPSA) is 51.2 Å². The summed E-state index contributed by atoms with van der Waals surface area (Å²) >= 11 is 0. The molecule has 0 aliphatic heterocycles. The maximum absolute atomic E-state index is 11.9. The maximum atomic E-state index is 11.9. The number of hydrogen-bond acceptors (Lipinski definition) is 3. The average molecular weight is 401 g/mol. The van der Waals surface area contributed by atoms with Crippen LogP contribution in [0.25, 0.3) is 11.1 Å². The van der Waals surface area contributed by atoms with Crippen LogP contribution in [0.3, 0.4) is 0 Å². The van der Waals surface area contributed by atoms with Crippen molar-refractivity contribution in [1.29, 1.82) is 0 Å². The molecule has 4 heteroatoms. The van der Waals surface area contributed by atoms with Gasteiger partial charge in [-0.25, -0.2) is 0 Å². The van der Waals surface area contributed by atoms with Crippen molar-refractivity contribution < 1.29 is 9.53 Å². The van der Waals surface area contributed by atoms with Crippen molar-refractivity contribution >= 4 is 5.91 Å². The summed E-state index contributed by atoms with van der Waals surface area (Å²) in [4.78, 5) is 16.1. The highest BCUT2D eigenvalue weighted by Crippen LogP contribution is 2.23. The standard InChI is InChI=1S/C26H28N2O2/c29-26(28-24-12-13-24)18-20-6-8-22(9-7-20)23-10-14-25(15-11-23)30-17-2-1-4-21-5-3-16-27-19-21/h3,5-11,14-16,19,24H,1-2,4,12-13,17-18H2,(H,28,29). The smallest absolute Gasteiger partial charge is 0.224 e. The van der Waals surface area contributed by atoms with E-state index in [1.54, 1.807) is 6.20 Å². The first-order chi connectivity index (χ1) is 14.8. The zero-order chi connectivity index (χ0) is 20.6. The number of carbonyl (C=O) groups excluding carboxylic acids is 1. The lowest BCUT2D eigenvalue weighted by Crippen LogP contribution is -2.26. The van der Waals surface area contributed by atoms with Crippen LogP contribution in [0, 0.1) is 0 Å². The predicted molar refractivity (Wildman–Crippen MR) is 119 cm³/mol. The van der Waals surface area contributed by atoms with Crippen molar-refractivity contribution in [1.82, 2.24) is 10.3 Å². The molecule has 0 unspecified atom stereocenters. The number of aromatic nitrogens is 1. The van der Waals surface area contributed by atoms with Gasteiger partial charge >= 0.3 is 0 Å². The van der Waals surface area contributed by atoms with Gasteiger partial charge in [-0.2, -0.15) is 0 Å². The highest BCUT2D eigenvalue weighted by Gasteiger charge is 2.22. The van der Waals surface area contributed by atoms with Gasteiger partial charge in [0.1, 0.15) is 5.75 Å². The number of aryl methyl sites for hydroxylation is 1. The molecule has 1 aliphatic carbocycles. The molecule has 0 atom stereocenters. The van der Waals surface area contributed by atoms with E-state index in [-0.39, 0.29) is 5.91 Å². The van der Waals surface area contributed by atoms with Crippen LogP contribution < -0.4 is 10.1 Å². The van der Waals surface area contributed by atoms with Crippen molar-refractivity contribution in [2.24, 2.45) is 0 Å². The first kappa shape index (κ1) is 20.1. The lowest BCUT2D eigenvalue weighted by Gasteiger charge is -2.08. The fraction of sp³-hybridized carbons (Fsp3) is 0.308. The molecule has 0 radical (unpaired) electrons. The number of nitrogens with one attached hydrogen (secondary N) is 1. The van der Waals surface area contributed by atoms with Crippen molar-refractivity contribution in [3.05, 3.63) is 84.2 Å². The molecule has 0 saturated heterocycles. The third kappa shape index (κ3) is 6.18. The summed E-state index contributed by atoms with van der Waals surface area (Å²) in [6, 6.07) is 20.9. The summed E-state index contributed by atoms with van der Waals surface area (Å²) in [5.74, 6) is 1.01. The van der Waals surface area contributed by atoms with Crippen LogP contribution >= 0.6 is 0 Å². The quantitative estimate of drug-likeness (QED) is 0.489. The molecule has 3 aromatic rings. The normalized spacial score (nSPS) is 13.1. The third-order valence-electron chi connectivity index (χ3n) is 5.30. The monoisotopic (exact) mass is 400 g/mol. The number of hydrogen-bond donors (Lipinski definition) is 1. The predicted octanol–water partition coefficient (Wildman–Crippen LogP) is 4.97. The minimum Gasteiger partial charge on any atom is -0.494 e. The van der Waals surface area contributed by atoms with Crippen molar-refractivity contribution in [2.45, 2.75) is 44.6 Å². The first-order valence-electron chi connectivity index (χ1n) is 10.8. The SMILES string of the molecule is O=C(Cc1ccc(-c2ccc(OCCCCc3cccnc3)cc2)cc1)NC1CC1. The second kappa shape index (κ2) is 10.1. The van der Waals surface area contributed by atoms with Gasteiger partial charge in [0.05, 0.1) is 13.0 Å². The van der Waals surface area contributed by atoms with Crippen LogP contribution in [-0.2, 0) is 17.6 Å². The molecule has 1 heterocycles. The molecule has 1 aromatic heterocycles. The van der Waals surface area contributed by atoms with E-state index in [0.717, 1.165) is 61.2 Å². The summed E-state index contributed by atoms with van der Waals surface area (Å²) in [7, 11) is 0. The summed E-state index contributed by atoms with van der Waals surface area (Å²) in [5, 5.41) is 3.03. The fourth-order valence-electron chi connectivity index (χ4n) is 3.42. The number of unbranched alkanes of at least 4 members (excludes halogenated alkanes) is 1. The van der Waals surface area contributed by atoms with E-state index in [0.29, 0.717) is 12.5 Å². The zero-order valence-corrected chi connectivity index (χ0v) is 17.2. The van der Waals surface area contributed by atoms with Gasteiger partial charge < -0.3 is 10.1 Å². The summed E-state index contributed by atoms with van der Waals surface area (Å²) in [5.41, 5.74) is 4.61. The van der Waals surface area contributed by atoms with Crippen molar-refractivity contribution in [3.63, 3.8) is 0 Å². The zero-order valence-electron chi connectivity index (χ0n) is 17.2. The van der Waals surface area contributed by atoms with Gasteiger partial charge in [0, 0.05) is 18.4 Å². The van der Waals surface area contributed by atoms with E-state index in [2.05, 4.69) is 40.6 Å². The van der Waals surface area contributed by atoms with Gasteiger partial charge in [-0.1, -0.05) is 42.5 Å². The third-order valence-corrected chi connectivity index (χ3v) is 5.30. The Morgan fingerprint density at radius 3 is 2.33 bits per heavy atom. The molecule has 1 saturated carbocycles. The van der Waals surface area contributed by atoms with E-state index >= 15 is 0 Å². The highest BCUT2D eigenvalue weighted by atomic mass is 16.5. The van der Waals surface area contributed by atoms with E-state index in [4.69, 9.17) is 4.74 Å². The van der Waals surface area contributed by atoms with Crippen LogP contribution in [-0.4, -0.2) is 23.5 Å². The number of amides is 1. The van der Waals surface area contributed by atoms with E-state index < -0.39 is 0 Å². The minimum absolute atomic E-state index is 0.118. The molecular formula is C26H28N2O2. The number of benzene rings is 2. The Bertz CT molecular complexity index is 933. The van der Waals surface area contributed by atoms with E-state index in [1.807, 2.05) is 36.5 Å². The molecule has 0 spiro atoms. The molecule has 1 aliphatic rings. The summed E-state index contributed by atoms with van der Waals surface area (Å²) in [6.45, 7) is 0.719. The number of rotatable bonds is 10. The van der Waals surface area contributed by atoms with Gasteiger partial charge in [-0.05, 0) is 72.6 Å². The van der Waals surface area contributed by atoms with Crippen LogP contribution in [0.15, 0.2) is 73.1 Å². The van der Waals surface area contributed by atoms with Crippen LogP contribution in [0.2, 0.25) is 0 Å². The second-order valence-electron chi connectivity index (χ2n) is 7.91. The number of nitrogens with zero attached hydrogens (tertiary/aromatic N) is 1. The van der Waals surface area contributed by atoms with E-state index in [1.165, 1.54) is 5.56 Å². The average Bonchev–Trinajstić information content (AvgIpc) is 3.59. The summed E-state index contributed by atoms with van der Waals surface area (Å²) in [6.07, 6.45) is 9.57.